The Bertz CT molecular complexity index is 4130. The summed E-state index contributed by atoms with van der Waals surface area (Å²) in [5.41, 5.74) is 13.0. The molecule has 8 aromatic carbocycles. The third kappa shape index (κ3) is 14.0. The van der Waals surface area contributed by atoms with Gasteiger partial charge in [0.2, 0.25) is 0 Å². The molecular formula is C74H64Ir2N8O6Si2-4. The number of benzene rings is 8. The molecular weight excluding hydrogens is 1540 g/mol. The number of aliphatic hydroxyl groups excluding tert-OH is 2. The van der Waals surface area contributed by atoms with E-state index < -0.39 is 16.1 Å². The molecule has 0 saturated carbocycles. The maximum absolute atomic E-state index is 10.0. The minimum Gasteiger partial charge on any atom is -0.514 e. The van der Waals surface area contributed by atoms with Gasteiger partial charge in [0, 0.05) is 99.8 Å². The molecule has 0 unspecified atom stereocenters. The van der Waals surface area contributed by atoms with Gasteiger partial charge in [-0.2, -0.15) is 105 Å². The number of hydrogen-bond acceptors (Lipinski definition) is 10. The van der Waals surface area contributed by atoms with Crippen LogP contribution in [0, 0.1) is 24.3 Å². The van der Waals surface area contributed by atoms with E-state index in [0.717, 1.165) is 68.3 Å². The van der Waals surface area contributed by atoms with Crippen LogP contribution in [0.3, 0.4) is 0 Å². The number of fused-ring (bicyclic) bond motifs is 20. The van der Waals surface area contributed by atoms with E-state index in [9.17, 15) is 9.59 Å². The molecule has 466 valence electrons. The third-order valence-electron chi connectivity index (χ3n) is 15.4. The van der Waals surface area contributed by atoms with Crippen LogP contribution < -0.4 is 30.2 Å². The van der Waals surface area contributed by atoms with Crippen molar-refractivity contribution in [3.63, 3.8) is 0 Å². The predicted molar refractivity (Wildman–Crippen MR) is 359 cm³/mol. The maximum atomic E-state index is 10.0. The number of para-hydroxylation sites is 6. The monoisotopic (exact) mass is 1600 g/mol. The molecule has 4 aromatic heterocycles. The first-order chi connectivity index (χ1) is 43.5. The van der Waals surface area contributed by atoms with Crippen LogP contribution in [0.4, 0.5) is 0 Å². The third-order valence-corrected chi connectivity index (χ3v) is 22.4. The molecule has 16 rings (SSSR count). The van der Waals surface area contributed by atoms with Crippen molar-refractivity contribution in [1.29, 1.82) is 0 Å². The first-order valence-corrected chi connectivity index (χ1v) is 35.2. The number of rotatable bonds is 2. The van der Waals surface area contributed by atoms with E-state index in [4.69, 9.17) is 19.7 Å². The van der Waals surface area contributed by atoms with Gasteiger partial charge >= 0.3 is 0 Å². The van der Waals surface area contributed by atoms with Crippen LogP contribution in [-0.2, 0) is 49.8 Å². The average molecular weight is 1600 g/mol. The largest absolute Gasteiger partial charge is 0.514 e. The first-order valence-electron chi connectivity index (χ1n) is 29.2. The van der Waals surface area contributed by atoms with Gasteiger partial charge in [0.15, 0.2) is 11.6 Å². The number of carbonyl (C=O) groups is 2. The second kappa shape index (κ2) is 29.1. The summed E-state index contributed by atoms with van der Waals surface area (Å²) in [6.45, 7) is 15.3. The zero-order valence-electron chi connectivity index (χ0n) is 51.7. The Labute approximate surface area is 564 Å². The Morgan fingerprint density at radius 2 is 0.641 bits per heavy atom. The summed E-state index contributed by atoms with van der Waals surface area (Å²) in [6.07, 6.45) is 9.66. The Hall–Kier alpha value is -9.65. The van der Waals surface area contributed by atoms with E-state index in [-0.39, 0.29) is 63.3 Å². The number of aliphatic hydroxyl groups is 2. The van der Waals surface area contributed by atoms with Gasteiger partial charge in [-0.3, -0.25) is 28.3 Å². The van der Waals surface area contributed by atoms with Crippen LogP contribution in [0.5, 0.6) is 23.0 Å². The molecule has 0 atom stereocenters. The number of aromatic nitrogens is 8. The van der Waals surface area contributed by atoms with E-state index in [0.29, 0.717) is 0 Å². The van der Waals surface area contributed by atoms with Crippen LogP contribution in [0.15, 0.2) is 243 Å². The van der Waals surface area contributed by atoms with Crippen LogP contribution >= 0.6 is 0 Å². The van der Waals surface area contributed by atoms with E-state index in [1.807, 2.05) is 140 Å². The van der Waals surface area contributed by atoms with Gasteiger partial charge < -0.3 is 19.7 Å². The van der Waals surface area contributed by atoms with E-state index >= 15 is 0 Å². The van der Waals surface area contributed by atoms with Crippen molar-refractivity contribution < 1.29 is 69.5 Å². The molecule has 0 fully saturated rings. The number of ketones is 2. The van der Waals surface area contributed by atoms with Crippen LogP contribution in [0.2, 0.25) is 26.2 Å². The van der Waals surface area contributed by atoms with Crippen molar-refractivity contribution in [3.05, 3.63) is 267 Å². The molecule has 4 aliphatic heterocycles. The molecule has 4 aliphatic rings. The van der Waals surface area contributed by atoms with Crippen molar-refractivity contribution in [1.82, 2.24) is 39.1 Å². The van der Waals surface area contributed by atoms with Gasteiger partial charge in [-0.1, -0.05) is 109 Å². The first kappa shape index (κ1) is 66.8. The van der Waals surface area contributed by atoms with Crippen LogP contribution in [0.25, 0.3) is 67.8 Å². The van der Waals surface area contributed by atoms with E-state index in [1.165, 1.54) is 83.1 Å². The molecule has 2 N–H and O–H groups in total. The summed E-state index contributed by atoms with van der Waals surface area (Å²) in [4.78, 5) is 20.0. The Morgan fingerprint density at radius 3 is 0.978 bits per heavy atom. The summed E-state index contributed by atoms with van der Waals surface area (Å²) in [5.74, 6) is 3.11. The molecule has 14 nitrogen and oxygen atoms in total. The van der Waals surface area contributed by atoms with Crippen LogP contribution in [0.1, 0.15) is 27.7 Å². The summed E-state index contributed by atoms with van der Waals surface area (Å²) in [5, 5.41) is 40.3. The van der Waals surface area contributed by atoms with Crippen molar-refractivity contribution in [2.45, 2.75) is 53.9 Å². The summed E-state index contributed by atoms with van der Waals surface area (Å²) in [6, 6.07) is 78.8. The number of nitrogens with zero attached hydrogens (tertiary/aromatic N) is 8. The second-order valence-corrected chi connectivity index (χ2v) is 31.1. The van der Waals surface area contributed by atoms with Gasteiger partial charge in [0.1, 0.15) is 11.5 Å². The topological polar surface area (TPSA) is 164 Å². The zero-order chi connectivity index (χ0) is 63.1. The van der Waals surface area contributed by atoms with Gasteiger partial charge in [-0.05, 0) is 110 Å². The molecule has 0 aliphatic carbocycles. The summed E-state index contributed by atoms with van der Waals surface area (Å²) < 4.78 is 19.7. The molecule has 92 heavy (non-hydrogen) atoms. The molecule has 0 spiro atoms. The minimum atomic E-state index is -1.74. The normalized spacial score (nSPS) is 12.8. The quantitative estimate of drug-likeness (QED) is 0.0737. The van der Waals surface area contributed by atoms with Crippen molar-refractivity contribution in [3.8, 4) is 90.8 Å². The zero-order valence-corrected chi connectivity index (χ0v) is 58.5. The molecule has 0 amide bonds. The van der Waals surface area contributed by atoms with Crippen molar-refractivity contribution in [2.75, 3.05) is 0 Å². The molecule has 12 aromatic rings. The summed E-state index contributed by atoms with van der Waals surface area (Å²) >= 11 is 0. The van der Waals surface area contributed by atoms with Crippen LogP contribution in [-0.4, -0.2) is 77.0 Å². The van der Waals surface area contributed by atoms with Gasteiger partial charge in [0.05, 0.1) is 50.4 Å². The van der Waals surface area contributed by atoms with Crippen molar-refractivity contribution in [2.24, 2.45) is 0 Å². The second-order valence-electron chi connectivity index (χ2n) is 22.5. The predicted octanol–water partition coefficient (Wildman–Crippen LogP) is 13.9. The van der Waals surface area contributed by atoms with Gasteiger partial charge in [-0.15, -0.1) is 22.5 Å². The molecule has 18 heteroatoms. The molecule has 8 heterocycles. The Kier molecular flexibility index (Phi) is 21.1. The average Bonchev–Trinajstić information content (AvgIpc) is 1.59. The molecule has 2 radical (unpaired) electrons. The van der Waals surface area contributed by atoms with E-state index in [1.54, 1.807) is 12.4 Å². The number of carbonyl (C=O) groups excluding carboxylic acids is 2. The standard InChI is InChI=1S/2C17H15N2Si.2C15H9N2O.2C5H8O2.2Ir/c2*1-20(2)16-9-5-3-7-13(16)14-11-12-18-19(14)15-8-4-6-10-17(15)20;2*1-3-7-14-11(5-1)12-9-10-16-17(12)13-6-2-4-8-15(13)18-14;2*1-4(6)3-5(2)7;;/h2*3-7,9-12H,1-2H3;2*1-5,7-10H;2*3,6H,1-2H3;;/q4*-1;;;;. The SMILES string of the molecule is CC(=O)C=C(C)O.CC(=O)C=C(C)O.C[Si]1(C)c2ccc[c-]c2-n2nccc2-c2ccccc21.C[Si]1(C)c2ccc[c-]c2-n2nccc2-c2ccccc21.[Ir].[Ir].[c-]1cccc2c1-n1nccc1-c1ccccc1O2.[c-]1cccc2c1-n1nccc1-c1ccccc1O2. The van der Waals surface area contributed by atoms with Gasteiger partial charge in [0.25, 0.3) is 0 Å². The molecule has 0 bridgehead atoms. The Balaban J connectivity index is 0.000000135. The smallest absolute Gasteiger partial charge is 0.155 e. The van der Waals surface area contributed by atoms with Gasteiger partial charge in [-0.25, -0.2) is 0 Å². The maximum Gasteiger partial charge on any atom is 0.155 e. The van der Waals surface area contributed by atoms with Crippen molar-refractivity contribution >= 4 is 48.5 Å². The number of allylic oxidation sites excluding steroid dienone is 4. The number of hydrogen-bond donors (Lipinski definition) is 2. The Morgan fingerprint density at radius 1 is 0.370 bits per heavy atom. The fourth-order valence-corrected chi connectivity index (χ4v) is 17.4. The fraction of sp³-hybridized carbons (Fsp3) is 0.108. The fourth-order valence-electron chi connectivity index (χ4n) is 11.4. The molecule has 0 saturated heterocycles. The van der Waals surface area contributed by atoms with E-state index in [2.05, 4.69) is 156 Å². The number of ether oxygens (including phenoxy) is 2. The minimum absolute atomic E-state index is 0. The summed E-state index contributed by atoms with van der Waals surface area (Å²) in [7, 11) is -3.47.